The van der Waals surface area contributed by atoms with E-state index in [9.17, 15) is 9.90 Å². The molecule has 0 aliphatic heterocycles. The number of aromatic carboxylic acids is 1. The van der Waals surface area contributed by atoms with Crippen LogP contribution in [0, 0.1) is 6.92 Å². The second-order valence-corrected chi connectivity index (χ2v) is 5.37. The van der Waals surface area contributed by atoms with Gasteiger partial charge in [0.15, 0.2) is 0 Å². The Morgan fingerprint density at radius 2 is 1.95 bits per heavy atom. The normalized spacial score (nSPS) is 11.2. The van der Waals surface area contributed by atoms with Gasteiger partial charge in [-0.15, -0.1) is 0 Å². The fourth-order valence-corrected chi connectivity index (χ4v) is 2.68. The van der Waals surface area contributed by atoms with Crippen LogP contribution in [-0.4, -0.2) is 28.7 Å². The molecule has 1 heterocycles. The van der Waals surface area contributed by atoms with Crippen molar-refractivity contribution < 1.29 is 9.90 Å². The van der Waals surface area contributed by atoms with E-state index in [1.807, 2.05) is 13.0 Å². The molecule has 0 amide bonds. The number of fused-ring (bicyclic) bond motifs is 1. The van der Waals surface area contributed by atoms with Gasteiger partial charge in [0, 0.05) is 23.6 Å². The molecule has 0 unspecified atom stereocenters. The Kier molecular flexibility index (Phi) is 4.98. The van der Waals surface area contributed by atoms with Crippen LogP contribution in [0.2, 0.25) is 0 Å². The molecule has 2 rings (SSSR count). The van der Waals surface area contributed by atoms with E-state index in [1.54, 1.807) is 6.07 Å². The molecule has 0 radical (unpaired) electrons. The first-order valence-corrected chi connectivity index (χ1v) is 7.34. The Balaban J connectivity index is 2.54. The van der Waals surface area contributed by atoms with Gasteiger partial charge in [0.2, 0.25) is 0 Å². The molecule has 1 aromatic carbocycles. The Morgan fingerprint density at radius 3 is 2.57 bits per heavy atom. The highest BCUT2D eigenvalue weighted by atomic mass is 16.4. The molecule has 0 spiro atoms. The largest absolute Gasteiger partial charge is 0.478 e. The zero-order valence-corrected chi connectivity index (χ0v) is 12.4. The molecular formula is C16H23N3O2. The average molecular weight is 289 g/mol. The van der Waals surface area contributed by atoms with Gasteiger partial charge >= 0.3 is 5.97 Å². The summed E-state index contributed by atoms with van der Waals surface area (Å²) in [5, 5.41) is 10.3. The number of aryl methyl sites for hydroxylation is 3. The van der Waals surface area contributed by atoms with Gasteiger partial charge in [-0.2, -0.15) is 0 Å². The molecule has 0 atom stereocenters. The van der Waals surface area contributed by atoms with E-state index < -0.39 is 5.97 Å². The lowest BCUT2D eigenvalue weighted by molar-refractivity contribution is 0.0696. The number of aromatic nitrogens is 1. The van der Waals surface area contributed by atoms with Crippen molar-refractivity contribution in [2.45, 2.75) is 32.7 Å². The maximum atomic E-state index is 11.3. The highest BCUT2D eigenvalue weighted by Gasteiger charge is 2.14. The molecule has 2 aromatic rings. The molecule has 5 nitrogen and oxygen atoms in total. The number of carbonyl (C=O) groups is 1. The van der Waals surface area contributed by atoms with E-state index in [4.69, 9.17) is 11.5 Å². The summed E-state index contributed by atoms with van der Waals surface area (Å²) in [6, 6.07) is 3.75. The monoisotopic (exact) mass is 289 g/mol. The lowest BCUT2D eigenvalue weighted by atomic mass is 10.0. The molecule has 1 aromatic heterocycles. The van der Waals surface area contributed by atoms with E-state index in [0.717, 1.165) is 47.8 Å². The lowest BCUT2D eigenvalue weighted by Gasteiger charge is -2.06. The van der Waals surface area contributed by atoms with Crippen molar-refractivity contribution in [3.05, 3.63) is 35.0 Å². The molecule has 0 saturated carbocycles. The summed E-state index contributed by atoms with van der Waals surface area (Å²) in [6.07, 6.45) is 4.78. The molecule has 0 saturated heterocycles. The lowest BCUT2D eigenvalue weighted by Crippen LogP contribution is -2.05. The van der Waals surface area contributed by atoms with Crippen LogP contribution in [0.15, 0.2) is 18.3 Å². The van der Waals surface area contributed by atoms with Crippen LogP contribution in [0.3, 0.4) is 0 Å². The van der Waals surface area contributed by atoms with Crippen LogP contribution < -0.4 is 11.5 Å². The number of benzene rings is 1. The predicted molar refractivity (Wildman–Crippen MR) is 84.7 cm³/mol. The topological polar surface area (TPSA) is 94.3 Å². The van der Waals surface area contributed by atoms with E-state index in [1.165, 1.54) is 0 Å². The Labute approximate surface area is 124 Å². The molecule has 114 valence electrons. The number of hydrogen-bond donors (Lipinski definition) is 3. The maximum absolute atomic E-state index is 11.3. The Bertz CT molecular complexity index is 646. The summed E-state index contributed by atoms with van der Waals surface area (Å²) in [6.45, 7) is 3.96. The van der Waals surface area contributed by atoms with Gasteiger partial charge in [0.1, 0.15) is 0 Å². The first-order chi connectivity index (χ1) is 10.1. The SMILES string of the molecule is Cc1cc2c(cc1C(=O)O)c(CCCN)cn2CCCN. The van der Waals surface area contributed by atoms with Gasteiger partial charge in [-0.1, -0.05) is 0 Å². The van der Waals surface area contributed by atoms with Gasteiger partial charge in [0.25, 0.3) is 0 Å². The standard InChI is InChI=1S/C16H23N3O2/c1-11-8-15-14(9-13(11)16(20)21)12(4-2-5-17)10-19(15)7-3-6-18/h8-10H,2-7,17-18H2,1H3,(H,20,21). The van der Waals surface area contributed by atoms with Crippen LogP contribution in [0.25, 0.3) is 10.9 Å². The number of carboxylic acids is 1. The molecule has 0 bridgehead atoms. The van der Waals surface area contributed by atoms with Gasteiger partial charge in [-0.3, -0.25) is 0 Å². The molecule has 0 aliphatic rings. The first-order valence-electron chi connectivity index (χ1n) is 7.34. The van der Waals surface area contributed by atoms with E-state index in [-0.39, 0.29) is 0 Å². The minimum atomic E-state index is -0.881. The summed E-state index contributed by atoms with van der Waals surface area (Å²) < 4.78 is 2.17. The van der Waals surface area contributed by atoms with Crippen LogP contribution in [0.5, 0.6) is 0 Å². The van der Waals surface area contributed by atoms with Crippen molar-refractivity contribution in [3.63, 3.8) is 0 Å². The Hall–Kier alpha value is -1.85. The van der Waals surface area contributed by atoms with E-state index >= 15 is 0 Å². The summed E-state index contributed by atoms with van der Waals surface area (Å²) in [7, 11) is 0. The fourth-order valence-electron chi connectivity index (χ4n) is 2.68. The fraction of sp³-hybridized carbons (Fsp3) is 0.438. The third-order valence-corrected chi connectivity index (χ3v) is 3.79. The summed E-state index contributed by atoms with van der Waals surface area (Å²) in [5.74, 6) is -0.881. The van der Waals surface area contributed by atoms with Crippen LogP contribution in [0.4, 0.5) is 0 Å². The highest BCUT2D eigenvalue weighted by molar-refractivity contribution is 5.96. The highest BCUT2D eigenvalue weighted by Crippen LogP contribution is 2.26. The first kappa shape index (κ1) is 15.5. The molecule has 0 aliphatic carbocycles. The van der Waals surface area contributed by atoms with Crippen molar-refractivity contribution in [2.24, 2.45) is 11.5 Å². The molecular weight excluding hydrogens is 266 g/mol. The summed E-state index contributed by atoms with van der Waals surface area (Å²) in [4.78, 5) is 11.3. The second kappa shape index (κ2) is 6.74. The van der Waals surface area contributed by atoms with Gasteiger partial charge in [-0.05, 0) is 62.5 Å². The van der Waals surface area contributed by atoms with Crippen molar-refractivity contribution >= 4 is 16.9 Å². The van der Waals surface area contributed by atoms with Crippen LogP contribution in [0.1, 0.15) is 34.3 Å². The van der Waals surface area contributed by atoms with Crippen molar-refractivity contribution in [1.29, 1.82) is 0 Å². The predicted octanol–water partition coefficient (Wildman–Crippen LogP) is 1.89. The maximum Gasteiger partial charge on any atom is 0.335 e. The molecule has 0 fully saturated rings. The number of rotatable bonds is 7. The van der Waals surface area contributed by atoms with Crippen molar-refractivity contribution in [1.82, 2.24) is 4.57 Å². The number of nitrogens with two attached hydrogens (primary N) is 2. The number of carboxylic acid groups (broad SMARTS) is 1. The minimum Gasteiger partial charge on any atom is -0.478 e. The second-order valence-electron chi connectivity index (χ2n) is 5.37. The number of hydrogen-bond acceptors (Lipinski definition) is 3. The van der Waals surface area contributed by atoms with Gasteiger partial charge < -0.3 is 21.1 Å². The van der Waals surface area contributed by atoms with Crippen molar-refractivity contribution in [2.75, 3.05) is 13.1 Å². The third-order valence-electron chi connectivity index (χ3n) is 3.79. The zero-order valence-electron chi connectivity index (χ0n) is 12.4. The zero-order chi connectivity index (χ0) is 15.4. The third kappa shape index (κ3) is 3.25. The van der Waals surface area contributed by atoms with Gasteiger partial charge in [-0.25, -0.2) is 4.79 Å². The molecule has 5 heteroatoms. The minimum absolute atomic E-state index is 0.369. The van der Waals surface area contributed by atoms with Crippen LogP contribution in [-0.2, 0) is 13.0 Å². The molecule has 5 N–H and O–H groups in total. The van der Waals surface area contributed by atoms with Crippen molar-refractivity contribution in [3.8, 4) is 0 Å². The van der Waals surface area contributed by atoms with Gasteiger partial charge in [0.05, 0.1) is 5.56 Å². The quantitative estimate of drug-likeness (QED) is 0.725. The molecule has 21 heavy (non-hydrogen) atoms. The Morgan fingerprint density at radius 1 is 1.24 bits per heavy atom. The number of nitrogens with zero attached hydrogens (tertiary/aromatic N) is 1. The average Bonchev–Trinajstić information content (AvgIpc) is 2.78. The summed E-state index contributed by atoms with van der Waals surface area (Å²) in [5.41, 5.74) is 14.6. The summed E-state index contributed by atoms with van der Waals surface area (Å²) >= 11 is 0. The smallest absolute Gasteiger partial charge is 0.335 e. The van der Waals surface area contributed by atoms with E-state index in [0.29, 0.717) is 18.7 Å². The van der Waals surface area contributed by atoms with Crippen LogP contribution >= 0.6 is 0 Å². The van der Waals surface area contributed by atoms with E-state index in [2.05, 4.69) is 10.8 Å².